The van der Waals surface area contributed by atoms with Crippen LogP contribution < -0.4 is 5.32 Å². The van der Waals surface area contributed by atoms with Gasteiger partial charge in [-0.25, -0.2) is 0 Å². The third-order valence-electron chi connectivity index (χ3n) is 3.23. The zero-order valence-corrected chi connectivity index (χ0v) is 9.86. The first-order valence-corrected chi connectivity index (χ1v) is 6.48. The second kappa shape index (κ2) is 4.45. The Hall–Kier alpha value is -0.340. The molecule has 0 aromatic carbocycles. The van der Waals surface area contributed by atoms with Crippen molar-refractivity contribution in [2.24, 2.45) is 5.92 Å². The van der Waals surface area contributed by atoms with E-state index in [-0.39, 0.29) is 0 Å². The van der Waals surface area contributed by atoms with Gasteiger partial charge in [-0.15, -0.1) is 11.3 Å². The highest BCUT2D eigenvalue weighted by molar-refractivity contribution is 7.10. The van der Waals surface area contributed by atoms with Gasteiger partial charge < -0.3 is 5.32 Å². The minimum atomic E-state index is 0.633. The van der Waals surface area contributed by atoms with Crippen molar-refractivity contribution in [3.05, 3.63) is 21.9 Å². The van der Waals surface area contributed by atoms with E-state index in [1.165, 1.54) is 24.8 Å². The Kier molecular flexibility index (Phi) is 3.24. The molecule has 78 valence electrons. The summed E-state index contributed by atoms with van der Waals surface area (Å²) in [6, 6.07) is 2.87. The number of hydrogen-bond donors (Lipinski definition) is 1. The number of rotatable bonds is 4. The van der Waals surface area contributed by atoms with Crippen LogP contribution in [0.4, 0.5) is 0 Å². The summed E-state index contributed by atoms with van der Waals surface area (Å²) in [4.78, 5) is 1.57. The summed E-state index contributed by atoms with van der Waals surface area (Å²) in [5.74, 6) is 0.896. The Balaban J connectivity index is 2.13. The van der Waals surface area contributed by atoms with Crippen LogP contribution >= 0.6 is 11.3 Å². The van der Waals surface area contributed by atoms with E-state index in [0.717, 1.165) is 12.5 Å². The zero-order chi connectivity index (χ0) is 9.97. The van der Waals surface area contributed by atoms with Gasteiger partial charge in [0.05, 0.1) is 0 Å². The van der Waals surface area contributed by atoms with Gasteiger partial charge in [-0.3, -0.25) is 0 Å². The van der Waals surface area contributed by atoms with Crippen molar-refractivity contribution < 1.29 is 0 Å². The van der Waals surface area contributed by atoms with Gasteiger partial charge in [0, 0.05) is 10.9 Å². The predicted octanol–water partition coefficient (Wildman–Crippen LogP) is 3.51. The zero-order valence-electron chi connectivity index (χ0n) is 9.05. The van der Waals surface area contributed by atoms with Crippen molar-refractivity contribution in [1.29, 1.82) is 0 Å². The first-order valence-electron chi connectivity index (χ1n) is 5.60. The van der Waals surface area contributed by atoms with Gasteiger partial charge in [-0.1, -0.05) is 13.3 Å². The highest BCUT2D eigenvalue weighted by atomic mass is 32.1. The molecule has 2 rings (SSSR count). The van der Waals surface area contributed by atoms with Crippen molar-refractivity contribution in [2.75, 3.05) is 6.54 Å². The molecule has 1 nitrogen and oxygen atoms in total. The molecule has 2 heteroatoms. The average molecular weight is 209 g/mol. The van der Waals surface area contributed by atoms with Gasteiger partial charge in [0.1, 0.15) is 0 Å². The van der Waals surface area contributed by atoms with Crippen LogP contribution in [0.15, 0.2) is 11.4 Å². The minimum Gasteiger partial charge on any atom is -0.309 e. The molecule has 1 N–H and O–H groups in total. The van der Waals surface area contributed by atoms with Crippen LogP contribution in [0.1, 0.15) is 42.7 Å². The van der Waals surface area contributed by atoms with Gasteiger partial charge >= 0.3 is 0 Å². The largest absolute Gasteiger partial charge is 0.309 e. The molecule has 0 saturated heterocycles. The summed E-state index contributed by atoms with van der Waals surface area (Å²) in [5, 5.41) is 5.85. The van der Waals surface area contributed by atoms with E-state index in [4.69, 9.17) is 0 Å². The lowest BCUT2D eigenvalue weighted by Gasteiger charge is -2.34. The van der Waals surface area contributed by atoms with Crippen molar-refractivity contribution >= 4 is 11.3 Å². The van der Waals surface area contributed by atoms with Crippen LogP contribution in [0, 0.1) is 12.8 Å². The monoisotopic (exact) mass is 209 g/mol. The smallest absolute Gasteiger partial charge is 0.0446 e. The highest BCUT2D eigenvalue weighted by Gasteiger charge is 2.29. The lowest BCUT2D eigenvalue weighted by molar-refractivity contribution is 0.235. The summed E-state index contributed by atoms with van der Waals surface area (Å²) in [5.41, 5.74) is 1.47. The molecule has 1 aliphatic rings. The molecule has 1 aromatic rings. The van der Waals surface area contributed by atoms with Crippen molar-refractivity contribution in [3.8, 4) is 0 Å². The fourth-order valence-electron chi connectivity index (χ4n) is 2.17. The first-order chi connectivity index (χ1) is 6.83. The second-order valence-electron chi connectivity index (χ2n) is 4.19. The third-order valence-corrected chi connectivity index (χ3v) is 4.33. The molecular formula is C12H19NS. The van der Waals surface area contributed by atoms with Gasteiger partial charge in [0.2, 0.25) is 0 Å². The van der Waals surface area contributed by atoms with E-state index in [1.807, 2.05) is 11.3 Å². The van der Waals surface area contributed by atoms with Gasteiger partial charge in [-0.05, 0) is 49.2 Å². The molecule has 1 atom stereocenters. The third kappa shape index (κ3) is 1.86. The SMILES string of the molecule is CCNC(c1sccc1C)C1CCC1. The molecule has 1 unspecified atom stereocenters. The van der Waals surface area contributed by atoms with Crippen LogP contribution in [0.3, 0.4) is 0 Å². The molecule has 1 fully saturated rings. The summed E-state index contributed by atoms with van der Waals surface area (Å²) in [6.45, 7) is 5.52. The topological polar surface area (TPSA) is 12.0 Å². The molecule has 0 amide bonds. The summed E-state index contributed by atoms with van der Waals surface area (Å²) >= 11 is 1.91. The standard InChI is InChI=1S/C12H19NS/c1-3-13-11(10-5-4-6-10)12-9(2)7-8-14-12/h7-8,10-11,13H,3-6H2,1-2H3. The lowest BCUT2D eigenvalue weighted by Crippen LogP contribution is -2.31. The van der Waals surface area contributed by atoms with Gasteiger partial charge in [-0.2, -0.15) is 0 Å². The Morgan fingerprint density at radius 1 is 1.57 bits per heavy atom. The van der Waals surface area contributed by atoms with Gasteiger partial charge in [0.15, 0.2) is 0 Å². The second-order valence-corrected chi connectivity index (χ2v) is 5.14. The normalized spacial score (nSPS) is 19.3. The maximum Gasteiger partial charge on any atom is 0.0446 e. The molecule has 1 saturated carbocycles. The van der Waals surface area contributed by atoms with Crippen LogP contribution in [0.2, 0.25) is 0 Å². The molecule has 0 radical (unpaired) electrons. The van der Waals surface area contributed by atoms with E-state index in [2.05, 4.69) is 30.6 Å². The number of aryl methyl sites for hydroxylation is 1. The Morgan fingerprint density at radius 3 is 2.79 bits per heavy atom. The van der Waals surface area contributed by atoms with E-state index in [0.29, 0.717) is 6.04 Å². The number of hydrogen-bond acceptors (Lipinski definition) is 2. The number of nitrogens with one attached hydrogen (secondary N) is 1. The van der Waals surface area contributed by atoms with Crippen LogP contribution in [0.5, 0.6) is 0 Å². The van der Waals surface area contributed by atoms with E-state index in [1.54, 1.807) is 4.88 Å². The molecular weight excluding hydrogens is 190 g/mol. The van der Waals surface area contributed by atoms with E-state index < -0.39 is 0 Å². The lowest BCUT2D eigenvalue weighted by atomic mass is 9.78. The molecule has 0 aliphatic heterocycles. The maximum atomic E-state index is 3.64. The Bertz CT molecular complexity index is 288. The van der Waals surface area contributed by atoms with Crippen molar-refractivity contribution in [2.45, 2.75) is 39.2 Å². The summed E-state index contributed by atoms with van der Waals surface area (Å²) in [7, 11) is 0. The average Bonchev–Trinajstić information content (AvgIpc) is 2.47. The van der Waals surface area contributed by atoms with Gasteiger partial charge in [0.25, 0.3) is 0 Å². The van der Waals surface area contributed by atoms with Crippen molar-refractivity contribution in [3.63, 3.8) is 0 Å². The van der Waals surface area contributed by atoms with Crippen molar-refractivity contribution in [1.82, 2.24) is 5.32 Å². The van der Waals surface area contributed by atoms with Crippen LogP contribution in [-0.2, 0) is 0 Å². The quantitative estimate of drug-likeness (QED) is 0.800. The molecule has 1 heterocycles. The maximum absolute atomic E-state index is 3.64. The molecule has 1 aliphatic carbocycles. The van der Waals surface area contributed by atoms with E-state index >= 15 is 0 Å². The van der Waals surface area contributed by atoms with Crippen LogP contribution in [-0.4, -0.2) is 6.54 Å². The molecule has 14 heavy (non-hydrogen) atoms. The fourth-order valence-corrected chi connectivity index (χ4v) is 3.26. The molecule has 0 bridgehead atoms. The first kappa shape index (κ1) is 10.2. The number of thiophene rings is 1. The fraction of sp³-hybridized carbons (Fsp3) is 0.667. The highest BCUT2D eigenvalue weighted by Crippen LogP contribution is 2.40. The predicted molar refractivity (Wildman–Crippen MR) is 62.8 cm³/mol. The summed E-state index contributed by atoms with van der Waals surface area (Å²) in [6.07, 6.45) is 4.25. The Labute approximate surface area is 90.5 Å². The Morgan fingerprint density at radius 2 is 2.36 bits per heavy atom. The summed E-state index contributed by atoms with van der Waals surface area (Å²) < 4.78 is 0. The van der Waals surface area contributed by atoms with E-state index in [9.17, 15) is 0 Å². The molecule has 1 aromatic heterocycles. The molecule has 0 spiro atoms. The van der Waals surface area contributed by atoms with Crippen LogP contribution in [0.25, 0.3) is 0 Å². The minimum absolute atomic E-state index is 0.633.